The normalized spacial score (nSPS) is 14.8. The van der Waals surface area contributed by atoms with Crippen molar-refractivity contribution < 1.29 is 14.3 Å². The van der Waals surface area contributed by atoms with Crippen LogP contribution in [-0.4, -0.2) is 43.6 Å². The highest BCUT2D eigenvalue weighted by atomic mass is 16.6. The Labute approximate surface area is 197 Å². The van der Waals surface area contributed by atoms with Crippen molar-refractivity contribution >= 4 is 23.4 Å². The van der Waals surface area contributed by atoms with Crippen LogP contribution in [0.25, 0.3) is 0 Å². The van der Waals surface area contributed by atoms with Crippen LogP contribution in [0.2, 0.25) is 0 Å². The summed E-state index contributed by atoms with van der Waals surface area (Å²) in [7, 11) is 2.03. The number of nitrogens with zero attached hydrogens (tertiary/aromatic N) is 2. The Morgan fingerprint density at radius 3 is 2.36 bits per heavy atom. The zero-order valence-electron chi connectivity index (χ0n) is 20.6. The average Bonchev–Trinajstić information content (AvgIpc) is 3.08. The number of nitrogens with one attached hydrogen (secondary N) is 1. The first kappa shape index (κ1) is 24.6. The van der Waals surface area contributed by atoms with E-state index in [1.807, 2.05) is 48.3 Å². The SMILES string of the molecule is CCCN(CCC)C(=O)CC1CN(C)c2ccc(OC(=O)Nc3ccc(C(C)C)cc3)cc21. The van der Waals surface area contributed by atoms with E-state index in [9.17, 15) is 9.59 Å². The van der Waals surface area contributed by atoms with Gasteiger partial charge in [-0.3, -0.25) is 10.1 Å². The molecule has 0 radical (unpaired) electrons. The molecule has 1 unspecified atom stereocenters. The van der Waals surface area contributed by atoms with Gasteiger partial charge in [0.1, 0.15) is 5.75 Å². The van der Waals surface area contributed by atoms with Crippen molar-refractivity contribution in [1.82, 2.24) is 4.90 Å². The third-order valence-electron chi connectivity index (χ3n) is 6.14. The number of ether oxygens (including phenoxy) is 1. The minimum absolute atomic E-state index is 0.0869. The van der Waals surface area contributed by atoms with E-state index in [4.69, 9.17) is 4.74 Å². The van der Waals surface area contributed by atoms with Crippen LogP contribution in [0.5, 0.6) is 5.75 Å². The van der Waals surface area contributed by atoms with Crippen molar-refractivity contribution in [2.75, 3.05) is 36.9 Å². The Hall–Kier alpha value is -3.02. The Balaban J connectivity index is 1.67. The predicted molar refractivity (Wildman–Crippen MR) is 134 cm³/mol. The molecule has 0 saturated carbocycles. The lowest BCUT2D eigenvalue weighted by molar-refractivity contribution is -0.131. The number of hydrogen-bond donors (Lipinski definition) is 1. The second-order valence-electron chi connectivity index (χ2n) is 9.17. The van der Waals surface area contributed by atoms with Crippen LogP contribution >= 0.6 is 0 Å². The van der Waals surface area contributed by atoms with Gasteiger partial charge >= 0.3 is 6.09 Å². The molecular formula is C27H37N3O3. The maximum Gasteiger partial charge on any atom is 0.417 e. The molecule has 1 heterocycles. The fourth-order valence-electron chi connectivity index (χ4n) is 4.42. The number of fused-ring (bicyclic) bond motifs is 1. The van der Waals surface area contributed by atoms with Gasteiger partial charge in [0.2, 0.25) is 5.91 Å². The van der Waals surface area contributed by atoms with Crippen molar-refractivity contribution in [1.29, 1.82) is 0 Å². The number of rotatable bonds is 9. The van der Waals surface area contributed by atoms with Crippen LogP contribution < -0.4 is 15.0 Å². The number of anilines is 2. The second kappa shape index (κ2) is 11.2. The van der Waals surface area contributed by atoms with E-state index in [2.05, 4.69) is 37.9 Å². The standard InChI is InChI=1S/C27H37N3O3/c1-6-14-30(15-7-2)26(31)16-21-18-29(5)25-13-12-23(17-24(21)25)33-27(32)28-22-10-8-20(9-11-22)19(3)4/h8-13,17,19,21H,6-7,14-16,18H2,1-5H3,(H,28,32). The van der Waals surface area contributed by atoms with E-state index in [1.165, 1.54) is 5.56 Å². The van der Waals surface area contributed by atoms with Gasteiger partial charge in [-0.15, -0.1) is 0 Å². The van der Waals surface area contributed by atoms with Crippen LogP contribution in [0.3, 0.4) is 0 Å². The van der Waals surface area contributed by atoms with Crippen LogP contribution in [0.15, 0.2) is 42.5 Å². The van der Waals surface area contributed by atoms with Gasteiger partial charge in [0, 0.05) is 50.4 Å². The van der Waals surface area contributed by atoms with Crippen LogP contribution in [0.1, 0.15) is 69.9 Å². The number of carbonyl (C=O) groups excluding carboxylic acids is 2. The highest BCUT2D eigenvalue weighted by Gasteiger charge is 2.30. The van der Waals surface area contributed by atoms with Gasteiger partial charge < -0.3 is 14.5 Å². The maximum atomic E-state index is 12.9. The molecule has 0 aromatic heterocycles. The minimum Gasteiger partial charge on any atom is -0.410 e. The zero-order chi connectivity index (χ0) is 24.0. The smallest absolute Gasteiger partial charge is 0.410 e. The first-order valence-corrected chi connectivity index (χ1v) is 12.0. The summed E-state index contributed by atoms with van der Waals surface area (Å²) in [4.78, 5) is 29.5. The van der Waals surface area contributed by atoms with Crippen LogP contribution in [0.4, 0.5) is 16.2 Å². The summed E-state index contributed by atoms with van der Waals surface area (Å²) >= 11 is 0. The first-order valence-electron chi connectivity index (χ1n) is 12.0. The third-order valence-corrected chi connectivity index (χ3v) is 6.14. The summed E-state index contributed by atoms with van der Waals surface area (Å²) in [6.07, 6.45) is 1.86. The molecule has 3 rings (SSSR count). The van der Waals surface area contributed by atoms with E-state index < -0.39 is 6.09 Å². The fourth-order valence-corrected chi connectivity index (χ4v) is 4.42. The summed E-state index contributed by atoms with van der Waals surface area (Å²) in [5, 5.41) is 2.79. The van der Waals surface area contributed by atoms with Crippen molar-refractivity contribution in [2.45, 2.75) is 58.8 Å². The molecule has 1 aliphatic heterocycles. The maximum absolute atomic E-state index is 12.9. The summed E-state index contributed by atoms with van der Waals surface area (Å²) in [5.74, 6) is 1.20. The van der Waals surface area contributed by atoms with Gasteiger partial charge in [-0.2, -0.15) is 0 Å². The Morgan fingerprint density at radius 1 is 1.09 bits per heavy atom. The van der Waals surface area contributed by atoms with E-state index in [-0.39, 0.29) is 11.8 Å². The molecule has 0 aliphatic carbocycles. The van der Waals surface area contributed by atoms with E-state index in [1.54, 1.807) is 6.07 Å². The second-order valence-corrected chi connectivity index (χ2v) is 9.17. The summed E-state index contributed by atoms with van der Waals surface area (Å²) in [6.45, 7) is 10.8. The lowest BCUT2D eigenvalue weighted by Crippen LogP contribution is -2.33. The number of hydrogen-bond acceptors (Lipinski definition) is 4. The quantitative estimate of drug-likeness (QED) is 0.508. The van der Waals surface area contributed by atoms with Gasteiger partial charge in [-0.1, -0.05) is 39.8 Å². The number of benzene rings is 2. The lowest BCUT2D eigenvalue weighted by atomic mass is 9.97. The third kappa shape index (κ3) is 6.28. The van der Waals surface area contributed by atoms with Crippen molar-refractivity contribution in [3.05, 3.63) is 53.6 Å². The summed E-state index contributed by atoms with van der Waals surface area (Å²) in [5.41, 5.74) is 4.06. The average molecular weight is 452 g/mol. The largest absolute Gasteiger partial charge is 0.417 e. The Kier molecular flexibility index (Phi) is 8.37. The molecule has 6 nitrogen and oxygen atoms in total. The molecular weight excluding hydrogens is 414 g/mol. The lowest BCUT2D eigenvalue weighted by Gasteiger charge is -2.23. The molecule has 0 fully saturated rings. The van der Waals surface area contributed by atoms with Crippen molar-refractivity contribution in [2.24, 2.45) is 0 Å². The first-order chi connectivity index (χ1) is 15.8. The highest BCUT2D eigenvalue weighted by molar-refractivity contribution is 5.86. The summed E-state index contributed by atoms with van der Waals surface area (Å²) in [6, 6.07) is 13.5. The molecule has 2 amide bonds. The van der Waals surface area contributed by atoms with Crippen LogP contribution in [-0.2, 0) is 4.79 Å². The molecule has 178 valence electrons. The topological polar surface area (TPSA) is 61.9 Å². The molecule has 0 saturated heterocycles. The number of likely N-dealkylation sites (N-methyl/N-ethyl adjacent to an activating group) is 1. The highest BCUT2D eigenvalue weighted by Crippen LogP contribution is 2.39. The van der Waals surface area contributed by atoms with E-state index in [0.717, 1.165) is 43.7 Å². The fraction of sp³-hybridized carbons (Fsp3) is 0.481. The van der Waals surface area contributed by atoms with Gasteiger partial charge in [0.15, 0.2) is 0 Å². The van der Waals surface area contributed by atoms with E-state index in [0.29, 0.717) is 23.8 Å². The Bertz CT molecular complexity index is 950. The molecule has 1 atom stereocenters. The number of carbonyl (C=O) groups is 2. The molecule has 1 aliphatic rings. The van der Waals surface area contributed by atoms with Crippen molar-refractivity contribution in [3.8, 4) is 5.75 Å². The number of amides is 2. The monoisotopic (exact) mass is 451 g/mol. The molecule has 33 heavy (non-hydrogen) atoms. The van der Waals surface area contributed by atoms with Crippen LogP contribution in [0, 0.1) is 0 Å². The molecule has 2 aromatic carbocycles. The molecule has 0 spiro atoms. The molecule has 0 bridgehead atoms. The van der Waals surface area contributed by atoms with E-state index >= 15 is 0 Å². The molecule has 1 N–H and O–H groups in total. The minimum atomic E-state index is -0.525. The molecule has 6 heteroatoms. The van der Waals surface area contributed by atoms with Gasteiger partial charge in [-0.25, -0.2) is 4.79 Å². The van der Waals surface area contributed by atoms with Gasteiger partial charge in [0.05, 0.1) is 0 Å². The summed E-state index contributed by atoms with van der Waals surface area (Å²) < 4.78 is 5.57. The van der Waals surface area contributed by atoms with Crippen molar-refractivity contribution in [3.63, 3.8) is 0 Å². The van der Waals surface area contributed by atoms with Gasteiger partial charge in [0.25, 0.3) is 0 Å². The zero-order valence-corrected chi connectivity index (χ0v) is 20.6. The predicted octanol–water partition coefficient (Wildman–Crippen LogP) is 5.99. The molecule has 2 aromatic rings. The van der Waals surface area contributed by atoms with Gasteiger partial charge in [-0.05, 0) is 60.2 Å². The Morgan fingerprint density at radius 2 is 1.76 bits per heavy atom.